The van der Waals surface area contributed by atoms with Crippen molar-refractivity contribution in [1.82, 2.24) is 25.1 Å². The molecule has 2 aromatic heterocycles. The Kier molecular flexibility index (Phi) is 8.64. The Bertz CT molecular complexity index is 1150. The molecular weight excluding hydrogens is 468 g/mol. The molecule has 1 saturated heterocycles. The van der Waals surface area contributed by atoms with Crippen molar-refractivity contribution in [3.05, 3.63) is 30.0 Å². The van der Waals surface area contributed by atoms with Crippen molar-refractivity contribution >= 4 is 34.5 Å². The molecule has 1 amide bonds. The summed E-state index contributed by atoms with van der Waals surface area (Å²) < 4.78 is 17.9. The molecule has 188 valence electrons. The topological polar surface area (TPSA) is 104 Å². The molecule has 0 atom stereocenters. The van der Waals surface area contributed by atoms with Crippen LogP contribution in [0.4, 0.5) is 5.82 Å². The van der Waals surface area contributed by atoms with Crippen LogP contribution in [0.25, 0.3) is 11.0 Å². The van der Waals surface area contributed by atoms with E-state index in [9.17, 15) is 4.79 Å². The maximum Gasteiger partial charge on any atom is 0.224 e. The third-order valence-electron chi connectivity index (χ3n) is 5.66. The molecule has 3 heterocycles. The molecule has 1 aliphatic heterocycles. The number of carbonyl (C=O) groups is 1. The van der Waals surface area contributed by atoms with Crippen LogP contribution in [0.5, 0.6) is 11.5 Å². The zero-order valence-electron chi connectivity index (χ0n) is 20.5. The predicted molar refractivity (Wildman–Crippen MR) is 136 cm³/mol. The van der Waals surface area contributed by atoms with Gasteiger partial charge in [0.25, 0.3) is 0 Å². The number of nitrogens with one attached hydrogen (secondary N) is 1. The van der Waals surface area contributed by atoms with Gasteiger partial charge < -0.3 is 24.4 Å². The molecule has 0 bridgehead atoms. The zero-order chi connectivity index (χ0) is 24.6. The summed E-state index contributed by atoms with van der Waals surface area (Å²) in [5, 5.41) is 9.21. The lowest BCUT2D eigenvalue weighted by atomic mass is 10.1. The van der Waals surface area contributed by atoms with Gasteiger partial charge in [-0.05, 0) is 24.1 Å². The number of fused-ring (bicyclic) bond motifs is 1. The van der Waals surface area contributed by atoms with Crippen molar-refractivity contribution in [3.63, 3.8) is 0 Å². The van der Waals surface area contributed by atoms with Gasteiger partial charge in [-0.25, -0.2) is 14.6 Å². The van der Waals surface area contributed by atoms with Gasteiger partial charge in [-0.15, -0.1) is 0 Å². The fraction of sp³-hybridized carbons (Fsp3) is 0.500. The van der Waals surface area contributed by atoms with Crippen LogP contribution in [0, 0.1) is 0 Å². The molecule has 1 aliphatic rings. The van der Waals surface area contributed by atoms with Crippen LogP contribution < -0.4 is 19.7 Å². The highest BCUT2D eigenvalue weighted by atomic mass is 32.2. The van der Waals surface area contributed by atoms with Gasteiger partial charge in [0.2, 0.25) is 5.91 Å². The van der Waals surface area contributed by atoms with E-state index in [0.29, 0.717) is 37.8 Å². The molecule has 0 saturated carbocycles. The van der Waals surface area contributed by atoms with E-state index in [2.05, 4.69) is 22.2 Å². The molecule has 4 rings (SSSR count). The minimum Gasteiger partial charge on any atom is -0.493 e. The first-order valence-electron chi connectivity index (χ1n) is 11.8. The van der Waals surface area contributed by atoms with Crippen molar-refractivity contribution in [3.8, 4) is 11.5 Å². The smallest absolute Gasteiger partial charge is 0.224 e. The number of morpholine rings is 1. The summed E-state index contributed by atoms with van der Waals surface area (Å²) in [5.74, 6) is 3.02. The summed E-state index contributed by atoms with van der Waals surface area (Å²) in [5.41, 5.74) is 1.64. The highest BCUT2D eigenvalue weighted by Crippen LogP contribution is 2.29. The summed E-state index contributed by atoms with van der Waals surface area (Å²) >= 11 is 1.65. The molecule has 35 heavy (non-hydrogen) atoms. The van der Waals surface area contributed by atoms with Crippen LogP contribution in [-0.2, 0) is 22.5 Å². The second kappa shape index (κ2) is 12.1. The van der Waals surface area contributed by atoms with E-state index < -0.39 is 0 Å². The number of carbonyl (C=O) groups excluding carboxylic acids is 1. The molecule has 0 aliphatic carbocycles. The Balaban J connectivity index is 1.43. The number of methoxy groups -OCH3 is 2. The Hall–Kier alpha value is -3.05. The maximum absolute atomic E-state index is 12.5. The van der Waals surface area contributed by atoms with Crippen LogP contribution in [0.15, 0.2) is 29.6 Å². The Labute approximate surface area is 209 Å². The number of hydrogen-bond donors (Lipinski definition) is 1. The highest BCUT2D eigenvalue weighted by Gasteiger charge is 2.20. The number of nitrogens with zero attached hydrogens (tertiary/aromatic N) is 5. The molecule has 10 nitrogen and oxygen atoms in total. The number of hydrogen-bond acceptors (Lipinski definition) is 9. The predicted octanol–water partition coefficient (Wildman–Crippen LogP) is 2.54. The van der Waals surface area contributed by atoms with Gasteiger partial charge in [0.15, 0.2) is 22.3 Å². The Morgan fingerprint density at radius 2 is 1.97 bits per heavy atom. The molecule has 0 unspecified atom stereocenters. The number of aromatic nitrogens is 4. The lowest BCUT2D eigenvalue weighted by molar-refractivity contribution is -0.120. The molecule has 0 radical (unpaired) electrons. The van der Waals surface area contributed by atoms with Gasteiger partial charge in [0, 0.05) is 25.4 Å². The lowest BCUT2D eigenvalue weighted by Gasteiger charge is -2.28. The number of anilines is 1. The molecule has 0 spiro atoms. The van der Waals surface area contributed by atoms with Crippen LogP contribution in [0.2, 0.25) is 0 Å². The second-order valence-corrected chi connectivity index (χ2v) is 9.16. The van der Waals surface area contributed by atoms with Gasteiger partial charge in [0.05, 0.1) is 52.0 Å². The second-order valence-electron chi connectivity index (χ2n) is 8.10. The summed E-state index contributed by atoms with van der Waals surface area (Å²) in [4.78, 5) is 24.4. The average molecular weight is 501 g/mol. The number of benzene rings is 1. The van der Waals surface area contributed by atoms with E-state index in [4.69, 9.17) is 24.2 Å². The standard InChI is InChI=1S/C24H32N6O4S/c1-4-13-35-24-27-22(29-9-11-34-12-10-29)18-16-26-30(23(18)28-24)8-7-25-21(31)15-17-5-6-19(32-2)20(14-17)33-3/h5-6,14,16H,4,7-13,15H2,1-3H3,(H,25,31). The largest absolute Gasteiger partial charge is 0.493 e. The summed E-state index contributed by atoms with van der Waals surface area (Å²) in [7, 11) is 3.17. The zero-order valence-corrected chi connectivity index (χ0v) is 21.3. The summed E-state index contributed by atoms with van der Waals surface area (Å²) in [6.45, 7) is 6.05. The third-order valence-corrected chi connectivity index (χ3v) is 6.71. The first kappa shape index (κ1) is 25.1. The van der Waals surface area contributed by atoms with E-state index in [1.807, 2.05) is 23.0 Å². The molecule has 1 fully saturated rings. The van der Waals surface area contributed by atoms with Crippen molar-refractivity contribution < 1.29 is 19.0 Å². The normalized spacial score (nSPS) is 13.7. The van der Waals surface area contributed by atoms with Gasteiger partial charge in [-0.1, -0.05) is 24.8 Å². The monoisotopic (exact) mass is 500 g/mol. The number of thioether (sulfide) groups is 1. The van der Waals surface area contributed by atoms with E-state index in [-0.39, 0.29) is 12.3 Å². The lowest BCUT2D eigenvalue weighted by Crippen LogP contribution is -2.37. The maximum atomic E-state index is 12.5. The minimum absolute atomic E-state index is 0.0727. The van der Waals surface area contributed by atoms with Crippen LogP contribution >= 0.6 is 11.8 Å². The van der Waals surface area contributed by atoms with E-state index in [0.717, 1.165) is 52.8 Å². The van der Waals surface area contributed by atoms with E-state index in [1.54, 1.807) is 32.0 Å². The Morgan fingerprint density at radius 1 is 1.17 bits per heavy atom. The SMILES string of the molecule is CCCSc1nc(N2CCOCC2)c2cnn(CCNC(=O)Cc3ccc(OC)c(OC)c3)c2n1. The minimum atomic E-state index is -0.0727. The molecule has 3 aromatic rings. The number of amides is 1. The average Bonchev–Trinajstić information content (AvgIpc) is 3.30. The highest BCUT2D eigenvalue weighted by molar-refractivity contribution is 7.99. The van der Waals surface area contributed by atoms with Crippen LogP contribution in [0.1, 0.15) is 18.9 Å². The fourth-order valence-corrected chi connectivity index (χ4v) is 4.59. The fourth-order valence-electron chi connectivity index (χ4n) is 3.90. The Morgan fingerprint density at radius 3 is 2.71 bits per heavy atom. The van der Waals surface area contributed by atoms with Crippen molar-refractivity contribution in [2.75, 3.05) is 57.7 Å². The van der Waals surface area contributed by atoms with Crippen molar-refractivity contribution in [2.45, 2.75) is 31.5 Å². The van der Waals surface area contributed by atoms with Crippen molar-refractivity contribution in [1.29, 1.82) is 0 Å². The van der Waals surface area contributed by atoms with Gasteiger partial charge in [-0.2, -0.15) is 5.10 Å². The molecular formula is C24H32N6O4S. The first-order valence-corrected chi connectivity index (χ1v) is 12.8. The van der Waals surface area contributed by atoms with Gasteiger partial charge in [0.1, 0.15) is 5.82 Å². The molecule has 11 heteroatoms. The van der Waals surface area contributed by atoms with Gasteiger partial charge in [-0.3, -0.25) is 4.79 Å². The first-order chi connectivity index (χ1) is 17.1. The number of ether oxygens (including phenoxy) is 3. The quantitative estimate of drug-likeness (QED) is 0.314. The summed E-state index contributed by atoms with van der Waals surface area (Å²) in [6.07, 6.45) is 3.12. The summed E-state index contributed by atoms with van der Waals surface area (Å²) in [6, 6.07) is 5.48. The van der Waals surface area contributed by atoms with Gasteiger partial charge >= 0.3 is 0 Å². The van der Waals surface area contributed by atoms with Crippen LogP contribution in [-0.4, -0.2) is 78.5 Å². The molecule has 1 N–H and O–H groups in total. The molecule has 1 aromatic carbocycles. The van der Waals surface area contributed by atoms with E-state index >= 15 is 0 Å². The number of rotatable bonds is 11. The van der Waals surface area contributed by atoms with Crippen LogP contribution in [0.3, 0.4) is 0 Å². The van der Waals surface area contributed by atoms with Crippen molar-refractivity contribution in [2.24, 2.45) is 0 Å². The third kappa shape index (κ3) is 6.15. The van der Waals surface area contributed by atoms with E-state index in [1.165, 1.54) is 0 Å².